The largest absolute Gasteiger partial charge is 0.497 e. The fraction of sp³-hybridized carbons (Fsp3) is 0.370. The van der Waals surface area contributed by atoms with Crippen molar-refractivity contribution in [2.75, 3.05) is 34.4 Å². The summed E-state index contributed by atoms with van der Waals surface area (Å²) in [6.45, 7) is 3.76. The van der Waals surface area contributed by atoms with E-state index in [4.69, 9.17) is 4.74 Å². The third-order valence-electron chi connectivity index (χ3n) is 6.01. The number of aliphatic hydroxyl groups excluding tert-OH is 1. The van der Waals surface area contributed by atoms with Gasteiger partial charge in [0.1, 0.15) is 5.75 Å². The summed E-state index contributed by atoms with van der Waals surface area (Å²) in [4.78, 5) is 37.7. The molecule has 0 aliphatic carbocycles. The van der Waals surface area contributed by atoms with E-state index in [0.29, 0.717) is 6.54 Å². The summed E-state index contributed by atoms with van der Waals surface area (Å²) in [7, 11) is 5.39. The summed E-state index contributed by atoms with van der Waals surface area (Å²) in [6.07, 6.45) is 1.02. The van der Waals surface area contributed by atoms with E-state index in [1.165, 1.54) is 0 Å². The van der Waals surface area contributed by atoms with E-state index in [-0.39, 0.29) is 18.6 Å². The number of rotatable bonds is 6. The van der Waals surface area contributed by atoms with Gasteiger partial charge in [0.25, 0.3) is 11.8 Å². The number of carbonyl (C=O) groups excluding carboxylic acids is 3. The van der Waals surface area contributed by atoms with Crippen molar-refractivity contribution in [3.05, 3.63) is 64.7 Å². The number of hydrogen-bond acceptors (Lipinski definition) is 6. The summed E-state index contributed by atoms with van der Waals surface area (Å²) in [6, 6.07) is 11.8. The molecule has 3 N–H and O–H groups in total. The number of carbonyl (C=O) groups is 3. The van der Waals surface area contributed by atoms with E-state index >= 15 is 0 Å². The molecule has 0 radical (unpaired) electrons. The third kappa shape index (κ3) is 6.42. The van der Waals surface area contributed by atoms with Crippen LogP contribution in [-0.2, 0) is 11.3 Å². The van der Waals surface area contributed by atoms with Crippen LogP contribution in [0.15, 0.2) is 42.5 Å². The fourth-order valence-electron chi connectivity index (χ4n) is 4.02. The normalized spacial score (nSPS) is 16.9. The lowest BCUT2D eigenvalue weighted by molar-refractivity contribution is -0.119. The maximum Gasteiger partial charge on any atom is 0.322 e. The SMILES string of the molecule is CCCN(C)C(CO)c1ccc(C#CC2NC(=O)NC2=O)cc1.COc1ccc2c(c1)C(=O)N(C)C2. The molecule has 0 spiro atoms. The lowest BCUT2D eigenvalue weighted by Gasteiger charge is -2.26. The predicted octanol–water partition coefficient (Wildman–Crippen LogP) is 1.90. The number of ether oxygens (including phenoxy) is 1. The van der Waals surface area contributed by atoms with Crippen LogP contribution in [0.25, 0.3) is 0 Å². The van der Waals surface area contributed by atoms with Gasteiger partial charge in [0.2, 0.25) is 0 Å². The Balaban J connectivity index is 0.000000233. The van der Waals surface area contributed by atoms with Crippen LogP contribution >= 0.6 is 0 Å². The molecule has 2 unspecified atom stereocenters. The van der Waals surface area contributed by atoms with Crippen molar-refractivity contribution in [2.24, 2.45) is 0 Å². The highest BCUT2D eigenvalue weighted by Crippen LogP contribution is 2.25. The summed E-state index contributed by atoms with van der Waals surface area (Å²) >= 11 is 0. The number of imide groups is 1. The number of aliphatic hydroxyl groups is 1. The molecule has 36 heavy (non-hydrogen) atoms. The van der Waals surface area contributed by atoms with Crippen LogP contribution in [0.1, 0.15) is 46.4 Å². The number of amides is 4. The Labute approximate surface area is 211 Å². The van der Waals surface area contributed by atoms with Crippen molar-refractivity contribution in [2.45, 2.75) is 32.0 Å². The van der Waals surface area contributed by atoms with Crippen LogP contribution in [0.2, 0.25) is 0 Å². The van der Waals surface area contributed by atoms with Gasteiger partial charge in [-0.3, -0.25) is 19.8 Å². The van der Waals surface area contributed by atoms with Crippen molar-refractivity contribution in [1.29, 1.82) is 0 Å². The molecule has 0 aromatic heterocycles. The van der Waals surface area contributed by atoms with Crippen molar-refractivity contribution in [3.63, 3.8) is 0 Å². The van der Waals surface area contributed by atoms with Gasteiger partial charge >= 0.3 is 6.03 Å². The Bertz CT molecular complexity index is 1170. The first-order chi connectivity index (χ1) is 17.3. The fourth-order valence-corrected chi connectivity index (χ4v) is 4.02. The molecule has 2 atom stereocenters. The Morgan fingerprint density at radius 2 is 1.92 bits per heavy atom. The Morgan fingerprint density at radius 1 is 1.19 bits per heavy atom. The molecule has 0 saturated carbocycles. The number of hydrogen-bond donors (Lipinski definition) is 3. The monoisotopic (exact) mass is 492 g/mol. The molecule has 190 valence electrons. The van der Waals surface area contributed by atoms with Crippen LogP contribution in [0.3, 0.4) is 0 Å². The lowest BCUT2D eigenvalue weighted by Crippen LogP contribution is -2.28. The molecular formula is C27H32N4O5. The molecule has 0 bridgehead atoms. The zero-order valence-electron chi connectivity index (χ0n) is 21.0. The number of methoxy groups -OCH3 is 1. The second-order valence-electron chi connectivity index (χ2n) is 8.65. The summed E-state index contributed by atoms with van der Waals surface area (Å²) in [5, 5.41) is 14.2. The molecule has 9 heteroatoms. The smallest absolute Gasteiger partial charge is 0.322 e. The van der Waals surface area contributed by atoms with Crippen LogP contribution in [-0.4, -0.2) is 73.2 Å². The zero-order chi connectivity index (χ0) is 26.2. The van der Waals surface area contributed by atoms with E-state index in [1.54, 1.807) is 25.1 Å². The number of fused-ring (bicyclic) bond motifs is 1. The van der Waals surface area contributed by atoms with Crippen molar-refractivity contribution in [1.82, 2.24) is 20.4 Å². The summed E-state index contributed by atoms with van der Waals surface area (Å²) in [5.41, 5.74) is 3.61. The Morgan fingerprint density at radius 3 is 2.50 bits per heavy atom. The van der Waals surface area contributed by atoms with Gasteiger partial charge < -0.3 is 20.1 Å². The van der Waals surface area contributed by atoms with Crippen LogP contribution in [0.4, 0.5) is 4.79 Å². The van der Waals surface area contributed by atoms with E-state index in [9.17, 15) is 19.5 Å². The third-order valence-corrected chi connectivity index (χ3v) is 6.01. The topological polar surface area (TPSA) is 111 Å². The minimum Gasteiger partial charge on any atom is -0.497 e. The number of nitrogens with zero attached hydrogens (tertiary/aromatic N) is 2. The molecule has 2 aromatic carbocycles. The average molecular weight is 493 g/mol. The molecule has 4 rings (SSSR count). The number of benzene rings is 2. The summed E-state index contributed by atoms with van der Waals surface area (Å²) in [5.74, 6) is 5.99. The standard InChI is InChI=1S/C17H21N3O3.C10H11NO2/c1-3-10-20(2)15(11-21)13-7-4-12(5-8-13)6-9-14-16(22)19-17(23)18-14;1-11-6-7-3-4-8(13-2)5-9(7)10(11)12/h4-5,7-8,14-15,21H,3,10-11H2,1-2H3,(H2,18,19,22,23);3-5H,6H2,1-2H3. The number of urea groups is 1. The van der Waals surface area contributed by atoms with Gasteiger partial charge in [0.05, 0.1) is 19.8 Å². The van der Waals surface area contributed by atoms with E-state index < -0.39 is 18.0 Å². The second-order valence-corrected chi connectivity index (χ2v) is 8.65. The minimum absolute atomic E-state index is 0.0446. The van der Waals surface area contributed by atoms with Gasteiger partial charge in [-0.15, -0.1) is 0 Å². The van der Waals surface area contributed by atoms with Gasteiger partial charge in [0, 0.05) is 24.7 Å². The quantitative estimate of drug-likeness (QED) is 0.420. The highest BCUT2D eigenvalue weighted by molar-refractivity contribution is 6.05. The van der Waals surface area contributed by atoms with E-state index in [0.717, 1.165) is 41.0 Å². The first-order valence-electron chi connectivity index (χ1n) is 11.7. The maximum absolute atomic E-state index is 11.5. The number of likely N-dealkylation sites (N-methyl/N-ethyl adjacent to an activating group) is 1. The molecule has 9 nitrogen and oxygen atoms in total. The van der Waals surface area contributed by atoms with Gasteiger partial charge in [-0.05, 0) is 55.4 Å². The van der Waals surface area contributed by atoms with Crippen molar-refractivity contribution >= 4 is 17.8 Å². The lowest BCUT2D eigenvalue weighted by atomic mass is 10.0. The Hall–Kier alpha value is -3.87. The molecule has 2 aliphatic rings. The van der Waals surface area contributed by atoms with Crippen molar-refractivity contribution < 1.29 is 24.2 Å². The van der Waals surface area contributed by atoms with Gasteiger partial charge in [-0.25, -0.2) is 4.79 Å². The minimum atomic E-state index is -0.803. The molecule has 2 aromatic rings. The molecule has 2 heterocycles. The summed E-state index contributed by atoms with van der Waals surface area (Å²) < 4.78 is 5.05. The average Bonchev–Trinajstić information content (AvgIpc) is 3.35. The van der Waals surface area contributed by atoms with Crippen LogP contribution in [0.5, 0.6) is 5.75 Å². The molecule has 4 amide bonds. The molecule has 2 aliphatic heterocycles. The molecule has 1 fully saturated rings. The van der Waals surface area contributed by atoms with E-state index in [1.807, 2.05) is 43.4 Å². The molecular weight excluding hydrogens is 460 g/mol. The molecule has 1 saturated heterocycles. The number of nitrogens with one attached hydrogen (secondary N) is 2. The first kappa shape index (κ1) is 26.7. The highest BCUT2D eigenvalue weighted by Gasteiger charge is 2.27. The highest BCUT2D eigenvalue weighted by atomic mass is 16.5. The Kier molecular flexibility index (Phi) is 9.06. The van der Waals surface area contributed by atoms with E-state index in [2.05, 4.69) is 34.3 Å². The van der Waals surface area contributed by atoms with Crippen LogP contribution in [0, 0.1) is 11.8 Å². The second kappa shape index (κ2) is 12.2. The van der Waals surface area contributed by atoms with Gasteiger partial charge in [0.15, 0.2) is 6.04 Å². The van der Waals surface area contributed by atoms with Gasteiger partial charge in [-0.1, -0.05) is 37.0 Å². The zero-order valence-corrected chi connectivity index (χ0v) is 21.0. The van der Waals surface area contributed by atoms with Crippen LogP contribution < -0.4 is 15.4 Å². The van der Waals surface area contributed by atoms with Crippen molar-refractivity contribution in [3.8, 4) is 17.6 Å². The predicted molar refractivity (Wildman–Crippen MR) is 135 cm³/mol. The maximum atomic E-state index is 11.5. The first-order valence-corrected chi connectivity index (χ1v) is 11.7. The van der Waals surface area contributed by atoms with Gasteiger partial charge in [-0.2, -0.15) is 0 Å².